The summed E-state index contributed by atoms with van der Waals surface area (Å²) in [6.45, 7) is 6.46. The Kier molecular flexibility index (Phi) is 6.69. The van der Waals surface area contributed by atoms with Crippen molar-refractivity contribution in [2.75, 3.05) is 6.54 Å². The molecule has 0 aromatic heterocycles. The average molecular weight is 342 g/mol. The minimum Gasteiger partial charge on any atom is -0.393 e. The van der Waals surface area contributed by atoms with Crippen molar-refractivity contribution in [3.63, 3.8) is 0 Å². The summed E-state index contributed by atoms with van der Waals surface area (Å²) in [5.74, 6) is 0.0550. The Bertz CT molecular complexity index is 444. The number of hydrogen-bond donors (Lipinski definition) is 2. The fourth-order valence-corrected chi connectivity index (χ4v) is 2.73. The number of benzene rings is 1. The zero-order chi connectivity index (χ0) is 15.2. The lowest BCUT2D eigenvalue weighted by molar-refractivity contribution is -0.121. The van der Waals surface area contributed by atoms with Gasteiger partial charge in [0.05, 0.1) is 6.10 Å². The molecule has 0 saturated carbocycles. The highest BCUT2D eigenvalue weighted by atomic mass is 79.9. The van der Waals surface area contributed by atoms with Crippen LogP contribution in [0.15, 0.2) is 28.7 Å². The highest BCUT2D eigenvalue weighted by Gasteiger charge is 2.20. The van der Waals surface area contributed by atoms with Crippen molar-refractivity contribution in [1.29, 1.82) is 0 Å². The number of halogens is 1. The van der Waals surface area contributed by atoms with E-state index in [2.05, 4.69) is 21.2 Å². The molecule has 112 valence electrons. The summed E-state index contributed by atoms with van der Waals surface area (Å²) in [4.78, 5) is 11.9. The van der Waals surface area contributed by atoms with E-state index in [1.165, 1.54) is 0 Å². The van der Waals surface area contributed by atoms with E-state index in [-0.39, 0.29) is 17.4 Å². The molecule has 0 aliphatic carbocycles. The lowest BCUT2D eigenvalue weighted by Gasteiger charge is -2.26. The molecule has 0 radical (unpaired) electrons. The Morgan fingerprint density at radius 1 is 1.40 bits per heavy atom. The second kappa shape index (κ2) is 7.79. The summed E-state index contributed by atoms with van der Waals surface area (Å²) in [7, 11) is 0. The largest absolute Gasteiger partial charge is 0.393 e. The van der Waals surface area contributed by atoms with Crippen LogP contribution in [0.4, 0.5) is 0 Å². The maximum atomic E-state index is 11.9. The van der Waals surface area contributed by atoms with Crippen LogP contribution < -0.4 is 5.32 Å². The van der Waals surface area contributed by atoms with E-state index in [1.54, 1.807) is 6.92 Å². The fourth-order valence-electron chi connectivity index (χ4n) is 2.25. The van der Waals surface area contributed by atoms with Crippen LogP contribution in [0.25, 0.3) is 0 Å². The first-order valence-electron chi connectivity index (χ1n) is 6.98. The Morgan fingerprint density at radius 3 is 2.65 bits per heavy atom. The molecular formula is C16H24BrNO2. The molecule has 0 bridgehead atoms. The first-order chi connectivity index (χ1) is 9.30. The number of aliphatic hydroxyl groups is 1. The molecule has 0 aliphatic rings. The molecule has 3 nitrogen and oxygen atoms in total. The van der Waals surface area contributed by atoms with Gasteiger partial charge in [-0.1, -0.05) is 48.0 Å². The zero-order valence-corrected chi connectivity index (χ0v) is 14.0. The molecular weight excluding hydrogens is 318 g/mol. The number of carbonyl (C=O) groups excluding carboxylic acids is 1. The Morgan fingerprint density at radius 2 is 2.05 bits per heavy atom. The fraction of sp³-hybridized carbons (Fsp3) is 0.562. The maximum Gasteiger partial charge on any atom is 0.220 e. The molecule has 1 rings (SSSR count). The van der Waals surface area contributed by atoms with Crippen LogP contribution in [0.3, 0.4) is 0 Å². The van der Waals surface area contributed by atoms with Gasteiger partial charge in [0, 0.05) is 17.4 Å². The van der Waals surface area contributed by atoms with E-state index < -0.39 is 0 Å². The molecule has 4 heteroatoms. The lowest BCUT2D eigenvalue weighted by Crippen LogP contribution is -2.35. The number of aliphatic hydroxyl groups excluding tert-OH is 1. The van der Waals surface area contributed by atoms with Crippen molar-refractivity contribution in [3.05, 3.63) is 34.3 Å². The van der Waals surface area contributed by atoms with Crippen molar-refractivity contribution >= 4 is 21.8 Å². The first-order valence-corrected chi connectivity index (χ1v) is 7.78. The summed E-state index contributed by atoms with van der Waals surface area (Å²) in [6, 6.07) is 7.95. The second-order valence-electron chi connectivity index (χ2n) is 6.09. The summed E-state index contributed by atoms with van der Waals surface area (Å²) in [5, 5.41) is 12.4. The first kappa shape index (κ1) is 17.2. The van der Waals surface area contributed by atoms with Gasteiger partial charge in [-0.2, -0.15) is 0 Å². The lowest BCUT2D eigenvalue weighted by atomic mass is 9.87. The van der Waals surface area contributed by atoms with Crippen molar-refractivity contribution in [2.24, 2.45) is 5.41 Å². The molecule has 1 aromatic carbocycles. The SMILES string of the molecule is CC(O)CC(C)(C)CNC(=O)CCc1ccccc1Br. The van der Waals surface area contributed by atoms with E-state index >= 15 is 0 Å². The molecule has 0 aliphatic heterocycles. The summed E-state index contributed by atoms with van der Waals surface area (Å²) in [5.41, 5.74) is 1.06. The third-order valence-electron chi connectivity index (χ3n) is 3.19. The minimum atomic E-state index is -0.345. The van der Waals surface area contributed by atoms with Crippen LogP contribution in [0.2, 0.25) is 0 Å². The van der Waals surface area contributed by atoms with E-state index in [0.717, 1.165) is 16.5 Å². The highest BCUT2D eigenvalue weighted by Crippen LogP contribution is 2.21. The number of aryl methyl sites for hydroxylation is 1. The van der Waals surface area contributed by atoms with Crippen LogP contribution in [-0.4, -0.2) is 23.7 Å². The molecule has 0 spiro atoms. The van der Waals surface area contributed by atoms with Gasteiger partial charge in [-0.05, 0) is 36.8 Å². The summed E-state index contributed by atoms with van der Waals surface area (Å²) in [6.07, 6.45) is 1.54. The number of amides is 1. The molecule has 0 fully saturated rings. The van der Waals surface area contributed by atoms with Gasteiger partial charge in [-0.15, -0.1) is 0 Å². The van der Waals surface area contributed by atoms with Gasteiger partial charge in [0.25, 0.3) is 0 Å². The van der Waals surface area contributed by atoms with Crippen LogP contribution in [-0.2, 0) is 11.2 Å². The molecule has 20 heavy (non-hydrogen) atoms. The molecule has 1 amide bonds. The Balaban J connectivity index is 2.36. The van der Waals surface area contributed by atoms with Gasteiger partial charge < -0.3 is 10.4 Å². The van der Waals surface area contributed by atoms with Crippen LogP contribution >= 0.6 is 15.9 Å². The smallest absolute Gasteiger partial charge is 0.220 e. The minimum absolute atomic E-state index is 0.0550. The van der Waals surface area contributed by atoms with Gasteiger partial charge >= 0.3 is 0 Å². The molecule has 1 atom stereocenters. The van der Waals surface area contributed by atoms with Crippen molar-refractivity contribution < 1.29 is 9.90 Å². The van der Waals surface area contributed by atoms with Gasteiger partial charge in [0.1, 0.15) is 0 Å². The van der Waals surface area contributed by atoms with Crippen LogP contribution in [0.1, 0.15) is 39.2 Å². The third-order valence-corrected chi connectivity index (χ3v) is 3.96. The number of nitrogens with one attached hydrogen (secondary N) is 1. The monoisotopic (exact) mass is 341 g/mol. The van der Waals surface area contributed by atoms with Crippen molar-refractivity contribution in [1.82, 2.24) is 5.32 Å². The quantitative estimate of drug-likeness (QED) is 0.799. The number of carbonyl (C=O) groups is 1. The Labute approximate surface area is 129 Å². The molecule has 0 saturated heterocycles. The molecule has 0 heterocycles. The summed E-state index contributed by atoms with van der Waals surface area (Å²) < 4.78 is 1.04. The van der Waals surface area contributed by atoms with E-state index in [1.807, 2.05) is 38.1 Å². The number of hydrogen-bond acceptors (Lipinski definition) is 2. The summed E-state index contributed by atoms with van der Waals surface area (Å²) >= 11 is 3.48. The Hall–Kier alpha value is -0.870. The van der Waals surface area contributed by atoms with E-state index in [4.69, 9.17) is 0 Å². The predicted octanol–water partition coefficient (Wildman–Crippen LogP) is 3.30. The zero-order valence-electron chi connectivity index (χ0n) is 12.4. The predicted molar refractivity (Wildman–Crippen MR) is 85.6 cm³/mol. The number of rotatable bonds is 7. The van der Waals surface area contributed by atoms with Crippen molar-refractivity contribution in [3.8, 4) is 0 Å². The van der Waals surface area contributed by atoms with Gasteiger partial charge in [-0.3, -0.25) is 4.79 Å². The van der Waals surface area contributed by atoms with Crippen molar-refractivity contribution in [2.45, 2.75) is 46.1 Å². The molecule has 2 N–H and O–H groups in total. The second-order valence-corrected chi connectivity index (χ2v) is 6.94. The highest BCUT2D eigenvalue weighted by molar-refractivity contribution is 9.10. The van der Waals surface area contributed by atoms with Gasteiger partial charge in [-0.25, -0.2) is 0 Å². The normalized spacial score (nSPS) is 13.1. The van der Waals surface area contributed by atoms with E-state index in [0.29, 0.717) is 19.4 Å². The van der Waals surface area contributed by atoms with Crippen LogP contribution in [0.5, 0.6) is 0 Å². The van der Waals surface area contributed by atoms with Gasteiger partial charge in [0.15, 0.2) is 0 Å². The van der Waals surface area contributed by atoms with Gasteiger partial charge in [0.2, 0.25) is 5.91 Å². The van der Waals surface area contributed by atoms with Crippen LogP contribution in [0, 0.1) is 5.41 Å². The standard InChI is InChI=1S/C16H24BrNO2/c1-12(19)10-16(2,3)11-18-15(20)9-8-13-6-4-5-7-14(13)17/h4-7,12,19H,8-11H2,1-3H3,(H,18,20). The topological polar surface area (TPSA) is 49.3 Å². The van der Waals surface area contributed by atoms with E-state index in [9.17, 15) is 9.90 Å². The molecule has 1 unspecified atom stereocenters. The molecule has 1 aromatic rings. The maximum absolute atomic E-state index is 11.9. The average Bonchev–Trinajstić information content (AvgIpc) is 2.34. The third kappa shape index (κ3) is 6.53.